The molecule has 1 aromatic rings. The zero-order valence-electron chi connectivity index (χ0n) is 11.9. The van der Waals surface area contributed by atoms with Gasteiger partial charge in [-0.25, -0.2) is 18.7 Å². The molecule has 1 unspecified atom stereocenters. The zero-order valence-corrected chi connectivity index (χ0v) is 11.9. The van der Waals surface area contributed by atoms with Gasteiger partial charge >= 0.3 is 0 Å². The van der Waals surface area contributed by atoms with Gasteiger partial charge < -0.3 is 10.0 Å². The number of aromatic nitrogens is 2. The summed E-state index contributed by atoms with van der Waals surface area (Å²) in [6.07, 6.45) is 3.55. The number of rotatable bonds is 3. The number of hydrogen-bond donors (Lipinski definition) is 1. The van der Waals surface area contributed by atoms with E-state index in [1.165, 1.54) is 0 Å². The third kappa shape index (κ3) is 2.60. The van der Waals surface area contributed by atoms with Gasteiger partial charge in [0.1, 0.15) is 0 Å². The van der Waals surface area contributed by atoms with Crippen LogP contribution in [0.25, 0.3) is 0 Å². The SMILES string of the molecule is OCCN1CCC(F)(F)C2(CCN(c3ncccn3)C2)C1. The van der Waals surface area contributed by atoms with Crippen LogP contribution in [-0.4, -0.2) is 65.2 Å². The van der Waals surface area contributed by atoms with E-state index < -0.39 is 11.3 Å². The maximum Gasteiger partial charge on any atom is 0.257 e. The lowest BCUT2D eigenvalue weighted by atomic mass is 9.75. The monoisotopic (exact) mass is 298 g/mol. The molecule has 21 heavy (non-hydrogen) atoms. The number of likely N-dealkylation sites (tertiary alicyclic amines) is 1. The first-order valence-electron chi connectivity index (χ1n) is 7.29. The standard InChI is InChI=1S/C14H20F2N4O/c15-14(16)3-6-19(8-9-21)10-13(14)2-7-20(11-13)12-17-4-1-5-18-12/h1,4-5,21H,2-3,6-11H2. The van der Waals surface area contributed by atoms with Crippen molar-refractivity contribution in [3.05, 3.63) is 18.5 Å². The van der Waals surface area contributed by atoms with Gasteiger partial charge in [0.15, 0.2) is 0 Å². The van der Waals surface area contributed by atoms with E-state index in [9.17, 15) is 8.78 Å². The summed E-state index contributed by atoms with van der Waals surface area (Å²) in [5, 5.41) is 9.05. The van der Waals surface area contributed by atoms with E-state index in [1.807, 2.05) is 9.80 Å². The number of anilines is 1. The fourth-order valence-corrected chi connectivity index (χ4v) is 3.44. The largest absolute Gasteiger partial charge is 0.395 e. The summed E-state index contributed by atoms with van der Waals surface area (Å²) in [6.45, 7) is 1.95. The molecule has 1 spiro atoms. The Morgan fingerprint density at radius 1 is 1.14 bits per heavy atom. The molecule has 116 valence electrons. The van der Waals surface area contributed by atoms with Gasteiger partial charge in [-0.3, -0.25) is 4.90 Å². The van der Waals surface area contributed by atoms with Gasteiger partial charge in [0, 0.05) is 51.5 Å². The highest BCUT2D eigenvalue weighted by Crippen LogP contribution is 2.49. The van der Waals surface area contributed by atoms with Crippen LogP contribution in [0.3, 0.4) is 0 Å². The second-order valence-corrected chi connectivity index (χ2v) is 5.95. The Morgan fingerprint density at radius 3 is 2.62 bits per heavy atom. The van der Waals surface area contributed by atoms with Crippen molar-refractivity contribution in [3.63, 3.8) is 0 Å². The van der Waals surface area contributed by atoms with Crippen molar-refractivity contribution in [1.82, 2.24) is 14.9 Å². The highest BCUT2D eigenvalue weighted by molar-refractivity contribution is 5.33. The molecule has 3 heterocycles. The number of halogens is 2. The van der Waals surface area contributed by atoms with E-state index in [2.05, 4.69) is 9.97 Å². The van der Waals surface area contributed by atoms with Crippen molar-refractivity contribution in [3.8, 4) is 0 Å². The van der Waals surface area contributed by atoms with Crippen LogP contribution < -0.4 is 4.90 Å². The van der Waals surface area contributed by atoms with Gasteiger partial charge in [0.05, 0.1) is 12.0 Å². The minimum absolute atomic E-state index is 0.00711. The highest BCUT2D eigenvalue weighted by atomic mass is 19.3. The van der Waals surface area contributed by atoms with Crippen LogP contribution in [0.5, 0.6) is 0 Å². The lowest BCUT2D eigenvalue weighted by Gasteiger charge is -2.45. The second-order valence-electron chi connectivity index (χ2n) is 5.95. The maximum absolute atomic E-state index is 14.5. The molecule has 0 bridgehead atoms. The van der Waals surface area contributed by atoms with Gasteiger partial charge in [0.25, 0.3) is 5.92 Å². The van der Waals surface area contributed by atoms with Crippen molar-refractivity contribution < 1.29 is 13.9 Å². The molecule has 0 saturated carbocycles. The van der Waals surface area contributed by atoms with Crippen molar-refractivity contribution in [2.45, 2.75) is 18.8 Å². The van der Waals surface area contributed by atoms with E-state index in [1.54, 1.807) is 18.5 Å². The van der Waals surface area contributed by atoms with Gasteiger partial charge in [-0.1, -0.05) is 0 Å². The first-order valence-corrected chi connectivity index (χ1v) is 7.29. The average molecular weight is 298 g/mol. The Morgan fingerprint density at radius 2 is 1.90 bits per heavy atom. The number of β-amino-alcohol motifs (C(OH)–C–C–N with tert-alkyl or cyclic N) is 1. The van der Waals surface area contributed by atoms with Crippen molar-refractivity contribution >= 4 is 5.95 Å². The van der Waals surface area contributed by atoms with Crippen LogP contribution >= 0.6 is 0 Å². The lowest BCUT2D eigenvalue weighted by molar-refractivity contribution is -0.158. The molecule has 2 saturated heterocycles. The van der Waals surface area contributed by atoms with Crippen LogP contribution in [0.1, 0.15) is 12.8 Å². The molecular weight excluding hydrogens is 278 g/mol. The number of aliphatic hydroxyl groups is 1. The second kappa shape index (κ2) is 5.46. The molecule has 7 heteroatoms. The molecule has 1 atom stereocenters. The van der Waals surface area contributed by atoms with E-state index >= 15 is 0 Å². The van der Waals surface area contributed by atoms with Gasteiger partial charge in [0.2, 0.25) is 5.95 Å². The number of piperidine rings is 1. The third-order valence-electron chi connectivity index (χ3n) is 4.65. The first kappa shape index (κ1) is 14.6. The summed E-state index contributed by atoms with van der Waals surface area (Å²) < 4.78 is 29.0. The van der Waals surface area contributed by atoms with Crippen molar-refractivity contribution in [2.24, 2.45) is 5.41 Å². The molecule has 0 aliphatic carbocycles. The number of aliphatic hydroxyl groups excluding tert-OH is 1. The summed E-state index contributed by atoms with van der Waals surface area (Å²) in [4.78, 5) is 12.1. The molecule has 2 fully saturated rings. The van der Waals surface area contributed by atoms with E-state index in [-0.39, 0.29) is 19.6 Å². The summed E-state index contributed by atoms with van der Waals surface area (Å²) in [7, 11) is 0. The fourth-order valence-electron chi connectivity index (χ4n) is 3.44. The smallest absolute Gasteiger partial charge is 0.257 e. The van der Waals surface area contributed by atoms with E-state index in [0.29, 0.717) is 38.5 Å². The number of hydrogen-bond acceptors (Lipinski definition) is 5. The lowest BCUT2D eigenvalue weighted by Crippen LogP contribution is -2.57. The molecule has 0 radical (unpaired) electrons. The molecule has 0 aromatic carbocycles. The number of alkyl halides is 2. The maximum atomic E-state index is 14.5. The van der Waals surface area contributed by atoms with Crippen LogP contribution in [0.4, 0.5) is 14.7 Å². The van der Waals surface area contributed by atoms with Crippen LogP contribution in [-0.2, 0) is 0 Å². The topological polar surface area (TPSA) is 52.5 Å². The van der Waals surface area contributed by atoms with Crippen molar-refractivity contribution in [2.75, 3.05) is 44.2 Å². The Kier molecular flexibility index (Phi) is 3.79. The quantitative estimate of drug-likeness (QED) is 0.902. The predicted octanol–water partition coefficient (Wildman–Crippen LogP) is 1.01. The minimum Gasteiger partial charge on any atom is -0.395 e. The van der Waals surface area contributed by atoms with Crippen molar-refractivity contribution in [1.29, 1.82) is 0 Å². The average Bonchev–Trinajstić information content (AvgIpc) is 2.91. The minimum atomic E-state index is -2.68. The summed E-state index contributed by atoms with van der Waals surface area (Å²) >= 11 is 0. The molecule has 5 nitrogen and oxygen atoms in total. The van der Waals surface area contributed by atoms with E-state index in [0.717, 1.165) is 0 Å². The normalized spacial score (nSPS) is 29.2. The zero-order chi connectivity index (χ0) is 14.9. The van der Waals surface area contributed by atoms with Crippen LogP contribution in [0.15, 0.2) is 18.5 Å². The van der Waals surface area contributed by atoms with Gasteiger partial charge in [-0.05, 0) is 12.5 Å². The van der Waals surface area contributed by atoms with Gasteiger partial charge in [-0.15, -0.1) is 0 Å². The van der Waals surface area contributed by atoms with Crippen LogP contribution in [0.2, 0.25) is 0 Å². The summed E-state index contributed by atoms with van der Waals surface area (Å²) in [5.41, 5.74) is -1.06. The summed E-state index contributed by atoms with van der Waals surface area (Å²) in [5.74, 6) is -2.16. The van der Waals surface area contributed by atoms with Crippen LogP contribution in [0, 0.1) is 5.41 Å². The Bertz CT molecular complexity index is 487. The predicted molar refractivity (Wildman–Crippen MR) is 74.4 cm³/mol. The Hall–Kier alpha value is -1.34. The Balaban J connectivity index is 1.79. The molecule has 3 rings (SSSR count). The van der Waals surface area contributed by atoms with Gasteiger partial charge in [-0.2, -0.15) is 0 Å². The molecule has 0 amide bonds. The summed E-state index contributed by atoms with van der Waals surface area (Å²) in [6, 6.07) is 1.72. The third-order valence-corrected chi connectivity index (χ3v) is 4.65. The molecule has 1 aromatic heterocycles. The fraction of sp³-hybridized carbons (Fsp3) is 0.714. The number of nitrogens with zero attached hydrogens (tertiary/aromatic N) is 4. The molecular formula is C14H20F2N4O. The Labute approximate surface area is 122 Å². The molecule has 2 aliphatic rings. The first-order chi connectivity index (χ1) is 10.1. The molecule has 1 N–H and O–H groups in total. The van der Waals surface area contributed by atoms with E-state index in [4.69, 9.17) is 5.11 Å². The highest BCUT2D eigenvalue weighted by Gasteiger charge is 2.59. The molecule has 2 aliphatic heterocycles.